The monoisotopic (exact) mass is 206 g/mol. The molecule has 0 aromatic carbocycles. The normalized spacial score (nSPS) is 15.0. The van der Waals surface area contributed by atoms with Crippen LogP contribution in [-0.2, 0) is 15.6 Å². The van der Waals surface area contributed by atoms with E-state index in [4.69, 9.17) is 5.73 Å². The molecule has 0 aromatic rings. The first-order valence-corrected chi connectivity index (χ1v) is 5.99. The number of carbonyl (C=O) groups is 1. The molecular weight excluding hydrogens is 188 g/mol. The Balaban J connectivity index is 3.44. The van der Waals surface area contributed by atoms with Gasteiger partial charge in [-0.3, -0.25) is 9.00 Å². The Morgan fingerprint density at radius 1 is 1.62 bits per heavy atom. The molecule has 5 heteroatoms. The van der Waals surface area contributed by atoms with Gasteiger partial charge in [0.2, 0.25) is 5.91 Å². The zero-order valence-corrected chi connectivity index (χ0v) is 9.02. The molecule has 0 aliphatic heterocycles. The molecule has 0 spiro atoms. The van der Waals surface area contributed by atoms with Gasteiger partial charge in [0.05, 0.1) is 0 Å². The van der Waals surface area contributed by atoms with Gasteiger partial charge >= 0.3 is 0 Å². The summed E-state index contributed by atoms with van der Waals surface area (Å²) in [5.74, 6) is -0.0309. The van der Waals surface area contributed by atoms with Gasteiger partial charge in [0.1, 0.15) is 0 Å². The van der Waals surface area contributed by atoms with Crippen LogP contribution in [0.3, 0.4) is 0 Å². The van der Waals surface area contributed by atoms with E-state index in [0.29, 0.717) is 19.5 Å². The predicted molar refractivity (Wildman–Crippen MR) is 54.8 cm³/mol. The van der Waals surface area contributed by atoms with Gasteiger partial charge < -0.3 is 11.1 Å². The van der Waals surface area contributed by atoms with Crippen LogP contribution in [0.1, 0.15) is 19.8 Å². The van der Waals surface area contributed by atoms with Gasteiger partial charge in [0, 0.05) is 41.8 Å². The van der Waals surface area contributed by atoms with Crippen molar-refractivity contribution in [2.75, 3.05) is 19.3 Å². The van der Waals surface area contributed by atoms with E-state index >= 15 is 0 Å². The second-order valence-electron chi connectivity index (χ2n) is 2.99. The molecule has 0 aliphatic carbocycles. The van der Waals surface area contributed by atoms with Crippen molar-refractivity contribution >= 4 is 16.7 Å². The summed E-state index contributed by atoms with van der Waals surface area (Å²) < 4.78 is 10.9. The minimum atomic E-state index is -0.805. The fourth-order valence-electron chi connectivity index (χ4n) is 0.800. The highest BCUT2D eigenvalue weighted by atomic mass is 32.2. The summed E-state index contributed by atoms with van der Waals surface area (Å²) in [7, 11) is -0.805. The van der Waals surface area contributed by atoms with E-state index in [9.17, 15) is 9.00 Å². The molecule has 0 bridgehead atoms. The predicted octanol–water partition coefficient (Wildman–Crippen LogP) is -0.391. The van der Waals surface area contributed by atoms with Crippen LogP contribution in [0.25, 0.3) is 0 Å². The highest BCUT2D eigenvalue weighted by Gasteiger charge is 2.06. The Bertz CT molecular complexity index is 185. The van der Waals surface area contributed by atoms with Crippen molar-refractivity contribution in [3.8, 4) is 0 Å². The maximum atomic E-state index is 10.9. The third-order valence-electron chi connectivity index (χ3n) is 1.81. The topological polar surface area (TPSA) is 72.2 Å². The van der Waals surface area contributed by atoms with Crippen molar-refractivity contribution in [1.29, 1.82) is 0 Å². The Hall–Kier alpha value is -0.420. The van der Waals surface area contributed by atoms with Crippen LogP contribution in [0.2, 0.25) is 0 Å². The summed E-state index contributed by atoms with van der Waals surface area (Å²) in [4.78, 5) is 10.9. The standard InChI is InChI=1S/C8H18N2O2S/c1-7(13(2)12)4-6-10-8(11)3-5-9/h7H,3-6,9H2,1-2H3,(H,10,11). The van der Waals surface area contributed by atoms with Crippen molar-refractivity contribution in [3.63, 3.8) is 0 Å². The molecule has 78 valence electrons. The van der Waals surface area contributed by atoms with Crippen LogP contribution in [0.4, 0.5) is 0 Å². The Morgan fingerprint density at radius 2 is 2.23 bits per heavy atom. The number of rotatable bonds is 6. The van der Waals surface area contributed by atoms with Crippen molar-refractivity contribution in [3.05, 3.63) is 0 Å². The van der Waals surface area contributed by atoms with E-state index in [1.165, 1.54) is 0 Å². The van der Waals surface area contributed by atoms with E-state index in [1.807, 2.05) is 6.92 Å². The largest absolute Gasteiger partial charge is 0.356 e. The van der Waals surface area contributed by atoms with E-state index in [0.717, 1.165) is 6.42 Å². The average molecular weight is 206 g/mol. The summed E-state index contributed by atoms with van der Waals surface area (Å²) in [6.07, 6.45) is 2.79. The minimum Gasteiger partial charge on any atom is -0.356 e. The molecular formula is C8H18N2O2S. The van der Waals surface area contributed by atoms with Crippen LogP contribution in [-0.4, -0.2) is 34.7 Å². The summed E-state index contributed by atoms with van der Waals surface area (Å²) >= 11 is 0. The Kier molecular flexibility index (Phi) is 6.80. The molecule has 0 fully saturated rings. The number of nitrogens with one attached hydrogen (secondary N) is 1. The smallest absolute Gasteiger partial charge is 0.221 e. The van der Waals surface area contributed by atoms with Gasteiger partial charge in [0.25, 0.3) is 0 Å². The molecule has 0 rings (SSSR count). The van der Waals surface area contributed by atoms with Gasteiger partial charge in [-0.25, -0.2) is 0 Å². The molecule has 2 unspecified atom stereocenters. The summed E-state index contributed by atoms with van der Waals surface area (Å²) in [6, 6.07) is 0. The molecule has 2 atom stereocenters. The number of hydrogen-bond acceptors (Lipinski definition) is 3. The van der Waals surface area contributed by atoms with Crippen molar-refractivity contribution in [1.82, 2.24) is 5.32 Å². The van der Waals surface area contributed by atoms with E-state index < -0.39 is 10.8 Å². The fraction of sp³-hybridized carbons (Fsp3) is 0.875. The Labute approximate surface area is 81.7 Å². The lowest BCUT2D eigenvalue weighted by Crippen LogP contribution is -2.28. The first kappa shape index (κ1) is 12.6. The van der Waals surface area contributed by atoms with Crippen LogP contribution < -0.4 is 11.1 Å². The molecule has 0 saturated carbocycles. The number of hydrogen-bond donors (Lipinski definition) is 2. The van der Waals surface area contributed by atoms with Crippen molar-refractivity contribution in [2.24, 2.45) is 5.73 Å². The summed E-state index contributed by atoms with van der Waals surface area (Å²) in [5, 5.41) is 2.85. The SMILES string of the molecule is CC(CCNC(=O)CCN)S(C)=O. The molecule has 1 amide bonds. The molecule has 0 heterocycles. The second-order valence-corrected chi connectivity index (χ2v) is 4.79. The van der Waals surface area contributed by atoms with Gasteiger partial charge in [0.15, 0.2) is 0 Å². The van der Waals surface area contributed by atoms with Crippen LogP contribution in [0.5, 0.6) is 0 Å². The first-order valence-electron chi connectivity index (χ1n) is 4.37. The molecule has 3 N–H and O–H groups in total. The number of carbonyl (C=O) groups excluding carboxylic acids is 1. The lowest BCUT2D eigenvalue weighted by molar-refractivity contribution is -0.120. The molecule has 0 saturated heterocycles. The molecule has 0 radical (unpaired) electrons. The van der Waals surface area contributed by atoms with Crippen LogP contribution >= 0.6 is 0 Å². The lowest BCUT2D eigenvalue weighted by Gasteiger charge is -2.08. The fourth-order valence-corrected chi connectivity index (χ4v) is 1.25. The lowest BCUT2D eigenvalue weighted by atomic mass is 10.3. The third-order valence-corrected chi connectivity index (χ3v) is 3.18. The van der Waals surface area contributed by atoms with E-state index in [2.05, 4.69) is 5.32 Å². The molecule has 0 aromatic heterocycles. The Morgan fingerprint density at radius 3 is 2.69 bits per heavy atom. The highest BCUT2D eigenvalue weighted by molar-refractivity contribution is 7.84. The quantitative estimate of drug-likeness (QED) is 0.621. The van der Waals surface area contributed by atoms with Gasteiger partial charge in [-0.1, -0.05) is 6.92 Å². The molecule has 4 nitrogen and oxygen atoms in total. The van der Waals surface area contributed by atoms with Crippen molar-refractivity contribution in [2.45, 2.75) is 25.0 Å². The van der Waals surface area contributed by atoms with E-state index in [-0.39, 0.29) is 11.2 Å². The van der Waals surface area contributed by atoms with Crippen LogP contribution in [0.15, 0.2) is 0 Å². The zero-order valence-electron chi connectivity index (χ0n) is 8.21. The third kappa shape index (κ3) is 6.72. The second kappa shape index (κ2) is 7.03. The maximum absolute atomic E-state index is 10.9. The number of nitrogens with two attached hydrogens (primary N) is 1. The highest BCUT2D eigenvalue weighted by Crippen LogP contribution is 1.97. The zero-order chi connectivity index (χ0) is 10.3. The molecule has 13 heavy (non-hydrogen) atoms. The van der Waals surface area contributed by atoms with Gasteiger partial charge in [-0.2, -0.15) is 0 Å². The average Bonchev–Trinajstić information content (AvgIpc) is 2.04. The van der Waals surface area contributed by atoms with Gasteiger partial charge in [-0.05, 0) is 6.42 Å². The van der Waals surface area contributed by atoms with Crippen molar-refractivity contribution < 1.29 is 9.00 Å². The van der Waals surface area contributed by atoms with Gasteiger partial charge in [-0.15, -0.1) is 0 Å². The summed E-state index contributed by atoms with van der Waals surface area (Å²) in [6.45, 7) is 2.87. The van der Waals surface area contributed by atoms with Crippen LogP contribution in [0, 0.1) is 0 Å². The minimum absolute atomic E-state index is 0.0309. The molecule has 0 aliphatic rings. The van der Waals surface area contributed by atoms with E-state index in [1.54, 1.807) is 6.26 Å². The number of amides is 1. The summed E-state index contributed by atoms with van der Waals surface area (Å²) in [5.41, 5.74) is 5.20. The maximum Gasteiger partial charge on any atom is 0.221 e. The first-order chi connectivity index (χ1) is 6.07.